The second kappa shape index (κ2) is 9.30. The molecule has 0 atom stereocenters. The van der Waals surface area contributed by atoms with Gasteiger partial charge in [0, 0.05) is 31.8 Å². The number of fused-ring (bicyclic) bond motifs is 2. The molecule has 0 bridgehead atoms. The van der Waals surface area contributed by atoms with Crippen LogP contribution in [0.2, 0.25) is 0 Å². The molecule has 10 heteroatoms. The van der Waals surface area contributed by atoms with Gasteiger partial charge in [0.05, 0.1) is 24.0 Å². The van der Waals surface area contributed by atoms with E-state index in [1.54, 1.807) is 13.1 Å². The largest absolute Gasteiger partial charge is 0.488 e. The summed E-state index contributed by atoms with van der Waals surface area (Å²) in [6.45, 7) is 2.03. The third-order valence-electron chi connectivity index (χ3n) is 6.28. The highest BCUT2D eigenvalue weighted by atomic mass is 19.1. The molecule has 3 aromatic heterocycles. The van der Waals surface area contributed by atoms with Crippen molar-refractivity contribution in [3.63, 3.8) is 0 Å². The highest BCUT2D eigenvalue weighted by Crippen LogP contribution is 2.30. The van der Waals surface area contributed by atoms with Gasteiger partial charge >= 0.3 is 0 Å². The van der Waals surface area contributed by atoms with Crippen molar-refractivity contribution in [1.82, 2.24) is 25.1 Å². The molecular weight excluding hydrogens is 429 g/mol. The molecule has 1 aliphatic carbocycles. The van der Waals surface area contributed by atoms with Gasteiger partial charge in [-0.15, -0.1) is 5.10 Å². The van der Waals surface area contributed by atoms with Gasteiger partial charge in [0.1, 0.15) is 18.7 Å². The molecule has 33 heavy (non-hydrogen) atoms. The number of nitrogens with one attached hydrogen (secondary N) is 1. The summed E-state index contributed by atoms with van der Waals surface area (Å²) in [6, 6.07) is 5.25. The number of aryl methyl sites for hydroxylation is 1. The van der Waals surface area contributed by atoms with Crippen LogP contribution in [0.5, 0.6) is 17.4 Å². The zero-order valence-corrected chi connectivity index (χ0v) is 18.4. The van der Waals surface area contributed by atoms with Crippen LogP contribution >= 0.6 is 0 Å². The van der Waals surface area contributed by atoms with Crippen molar-refractivity contribution in [1.29, 1.82) is 0 Å². The average Bonchev–Trinajstić information content (AvgIpc) is 2.85. The standard InChI is InChI=1S/C23H26FN5O4/c1-29-20(30)7-6-18-21(29)22(17(24)12-26-18)33-13-14-2-4-15(5-3-14)25-11-16-10-19-23(28-27-16)32-9-8-31-19/h6-7,10,12,14-15,25H,2-5,8-9,11,13H2,1H3. The predicted octanol–water partition coefficient (Wildman–Crippen LogP) is 2.36. The quantitative estimate of drug-likeness (QED) is 0.605. The van der Waals surface area contributed by atoms with Crippen LogP contribution in [0.15, 0.2) is 29.2 Å². The van der Waals surface area contributed by atoms with E-state index < -0.39 is 5.82 Å². The highest BCUT2D eigenvalue weighted by Gasteiger charge is 2.23. The number of hydrogen-bond acceptors (Lipinski definition) is 8. The molecule has 1 fully saturated rings. The van der Waals surface area contributed by atoms with E-state index in [4.69, 9.17) is 14.2 Å². The van der Waals surface area contributed by atoms with Gasteiger partial charge in [0.2, 0.25) is 0 Å². The van der Waals surface area contributed by atoms with Gasteiger partial charge in [-0.1, -0.05) is 0 Å². The molecule has 1 aliphatic heterocycles. The second-order valence-electron chi connectivity index (χ2n) is 8.51. The van der Waals surface area contributed by atoms with Crippen molar-refractivity contribution in [2.75, 3.05) is 19.8 Å². The molecule has 4 heterocycles. The fourth-order valence-electron chi connectivity index (χ4n) is 4.39. The van der Waals surface area contributed by atoms with Crippen LogP contribution in [0.25, 0.3) is 11.0 Å². The van der Waals surface area contributed by atoms with Gasteiger partial charge in [-0.05, 0) is 37.7 Å². The fraction of sp³-hybridized carbons (Fsp3) is 0.478. The van der Waals surface area contributed by atoms with E-state index in [2.05, 4.69) is 20.5 Å². The lowest BCUT2D eigenvalue weighted by molar-refractivity contribution is 0.161. The Morgan fingerprint density at radius 3 is 2.85 bits per heavy atom. The van der Waals surface area contributed by atoms with Crippen LogP contribution in [0.3, 0.4) is 0 Å². The van der Waals surface area contributed by atoms with Crippen molar-refractivity contribution < 1.29 is 18.6 Å². The van der Waals surface area contributed by atoms with Crippen LogP contribution in [0, 0.1) is 11.7 Å². The van der Waals surface area contributed by atoms with Crippen LogP contribution in [0.1, 0.15) is 31.4 Å². The smallest absolute Gasteiger partial charge is 0.276 e. The van der Waals surface area contributed by atoms with Gasteiger partial charge in [0.25, 0.3) is 11.4 Å². The molecule has 9 nitrogen and oxygen atoms in total. The van der Waals surface area contributed by atoms with Crippen LogP contribution in [0.4, 0.5) is 4.39 Å². The number of halogens is 1. The molecular formula is C23H26FN5O4. The Bertz CT molecular complexity index is 1210. The lowest BCUT2D eigenvalue weighted by Crippen LogP contribution is -2.34. The van der Waals surface area contributed by atoms with Gasteiger partial charge in [-0.25, -0.2) is 4.39 Å². The SMILES string of the molecule is Cn1c(=O)ccc2ncc(F)c(OCC3CCC(NCc4cc5c(nn4)OCCO5)CC3)c21. The highest BCUT2D eigenvalue weighted by molar-refractivity contribution is 5.81. The summed E-state index contributed by atoms with van der Waals surface area (Å²) in [7, 11) is 1.60. The summed E-state index contributed by atoms with van der Waals surface area (Å²) in [5, 5.41) is 11.8. The van der Waals surface area contributed by atoms with Gasteiger partial charge in [-0.3, -0.25) is 9.78 Å². The van der Waals surface area contributed by atoms with E-state index >= 15 is 0 Å². The lowest BCUT2D eigenvalue weighted by atomic mass is 9.86. The minimum absolute atomic E-state index is 0.0950. The maximum Gasteiger partial charge on any atom is 0.276 e. The summed E-state index contributed by atoms with van der Waals surface area (Å²) in [6.07, 6.45) is 5.06. The zero-order chi connectivity index (χ0) is 22.8. The molecule has 0 radical (unpaired) electrons. The van der Waals surface area contributed by atoms with Crippen LogP contribution in [-0.4, -0.2) is 45.6 Å². The Labute approximate surface area is 189 Å². The van der Waals surface area contributed by atoms with E-state index in [0.717, 1.165) is 37.6 Å². The molecule has 3 aromatic rings. The monoisotopic (exact) mass is 455 g/mol. The number of rotatable bonds is 6. The van der Waals surface area contributed by atoms with Crippen LogP contribution in [-0.2, 0) is 13.6 Å². The second-order valence-corrected chi connectivity index (χ2v) is 8.51. The van der Waals surface area contributed by atoms with Crippen molar-refractivity contribution in [2.45, 2.75) is 38.3 Å². The average molecular weight is 455 g/mol. The maximum atomic E-state index is 14.5. The normalized spacial score (nSPS) is 20.1. The summed E-state index contributed by atoms with van der Waals surface area (Å²) in [4.78, 5) is 16.1. The first kappa shape index (κ1) is 21.6. The molecule has 1 N–H and O–H groups in total. The van der Waals surface area contributed by atoms with Crippen molar-refractivity contribution in [3.8, 4) is 17.4 Å². The Kier molecular flexibility index (Phi) is 6.08. The van der Waals surface area contributed by atoms with Crippen molar-refractivity contribution in [2.24, 2.45) is 13.0 Å². The van der Waals surface area contributed by atoms with Gasteiger partial charge in [-0.2, -0.15) is 5.10 Å². The van der Waals surface area contributed by atoms with E-state index in [1.807, 2.05) is 6.07 Å². The summed E-state index contributed by atoms with van der Waals surface area (Å²) < 4.78 is 32.7. The summed E-state index contributed by atoms with van der Waals surface area (Å²) in [5.74, 6) is 0.948. The molecule has 5 rings (SSSR count). The first-order valence-corrected chi connectivity index (χ1v) is 11.2. The molecule has 0 saturated heterocycles. The third kappa shape index (κ3) is 4.61. The summed E-state index contributed by atoms with van der Waals surface area (Å²) >= 11 is 0. The first-order chi connectivity index (χ1) is 16.1. The number of pyridine rings is 2. The molecule has 1 saturated carbocycles. The minimum Gasteiger partial charge on any atom is -0.488 e. The molecule has 0 spiro atoms. The van der Waals surface area contributed by atoms with E-state index in [9.17, 15) is 9.18 Å². The lowest BCUT2D eigenvalue weighted by Gasteiger charge is -2.29. The number of aromatic nitrogens is 4. The first-order valence-electron chi connectivity index (χ1n) is 11.2. The Hall–Kier alpha value is -3.27. The molecule has 0 unspecified atom stereocenters. The third-order valence-corrected chi connectivity index (χ3v) is 6.28. The maximum absolute atomic E-state index is 14.5. The fourth-order valence-corrected chi connectivity index (χ4v) is 4.39. The molecule has 2 aliphatic rings. The number of hydrogen-bond donors (Lipinski definition) is 1. The summed E-state index contributed by atoms with van der Waals surface area (Å²) in [5.41, 5.74) is 1.51. The Balaban J connectivity index is 1.15. The number of nitrogens with zero attached hydrogens (tertiary/aromatic N) is 4. The van der Waals surface area contributed by atoms with E-state index in [-0.39, 0.29) is 11.3 Å². The molecule has 0 aromatic carbocycles. The molecule has 174 valence electrons. The van der Waals surface area contributed by atoms with Crippen molar-refractivity contribution in [3.05, 3.63) is 46.3 Å². The van der Waals surface area contributed by atoms with E-state index in [1.165, 1.54) is 10.6 Å². The van der Waals surface area contributed by atoms with Gasteiger partial charge in [0.15, 0.2) is 17.3 Å². The Morgan fingerprint density at radius 1 is 1.18 bits per heavy atom. The number of ether oxygens (including phenoxy) is 3. The molecule has 0 amide bonds. The topological polar surface area (TPSA) is 100 Å². The van der Waals surface area contributed by atoms with Crippen molar-refractivity contribution >= 4 is 11.0 Å². The Morgan fingerprint density at radius 2 is 2.00 bits per heavy atom. The minimum atomic E-state index is -0.556. The van der Waals surface area contributed by atoms with Gasteiger partial charge < -0.3 is 24.1 Å². The van der Waals surface area contributed by atoms with Crippen LogP contribution < -0.4 is 25.1 Å². The predicted molar refractivity (Wildman–Crippen MR) is 118 cm³/mol. The zero-order valence-electron chi connectivity index (χ0n) is 18.4. The van der Waals surface area contributed by atoms with E-state index in [0.29, 0.717) is 61.0 Å².